The van der Waals surface area contributed by atoms with Crippen molar-refractivity contribution in [2.24, 2.45) is 0 Å². The second kappa shape index (κ2) is 5.37. The van der Waals surface area contributed by atoms with Crippen LogP contribution in [0.15, 0.2) is 40.5 Å². The number of nitrogens with zero attached hydrogens (tertiary/aromatic N) is 5. The second-order valence-electron chi connectivity index (χ2n) is 4.04. The molecule has 0 unspecified atom stereocenters. The Labute approximate surface area is 122 Å². The average molecular weight is 302 g/mol. The summed E-state index contributed by atoms with van der Waals surface area (Å²) in [6.45, 7) is 0. The number of nitrogens with one attached hydrogen (secondary N) is 1. The summed E-state index contributed by atoms with van der Waals surface area (Å²) in [5, 5.41) is 19.9. The predicted molar refractivity (Wildman–Crippen MR) is 76.5 cm³/mol. The van der Waals surface area contributed by atoms with E-state index in [0.717, 1.165) is 6.07 Å². The van der Waals surface area contributed by atoms with Crippen molar-refractivity contribution in [3.8, 4) is 23.0 Å². The molecule has 3 rings (SSSR count). The molecule has 0 aliphatic heterocycles. The quantitative estimate of drug-likeness (QED) is 0.545. The molecule has 0 fully saturated rings. The number of thioether (sulfide) groups is 1. The van der Waals surface area contributed by atoms with Crippen molar-refractivity contribution in [1.82, 2.24) is 29.9 Å². The minimum absolute atomic E-state index is 0.298. The summed E-state index contributed by atoms with van der Waals surface area (Å²) in [5.74, 6) is -0.298. The number of rotatable bonds is 3. The normalized spacial score (nSPS) is 10.7. The monoisotopic (exact) mass is 302 g/mol. The topological polar surface area (TPSA) is 110 Å². The van der Waals surface area contributed by atoms with Crippen LogP contribution >= 0.6 is 11.8 Å². The Morgan fingerprint density at radius 1 is 1.33 bits per heavy atom. The number of aromatic hydroxyl groups is 1. The van der Waals surface area contributed by atoms with Gasteiger partial charge >= 0.3 is 0 Å². The summed E-state index contributed by atoms with van der Waals surface area (Å²) in [7, 11) is 0. The predicted octanol–water partition coefficient (Wildman–Crippen LogP) is 0.840. The fourth-order valence-electron chi connectivity index (χ4n) is 1.82. The molecule has 0 saturated heterocycles. The van der Waals surface area contributed by atoms with Crippen LogP contribution in [0.5, 0.6) is 5.88 Å². The molecule has 3 aromatic rings. The highest BCUT2D eigenvalue weighted by Gasteiger charge is 2.10. The third kappa shape index (κ3) is 2.50. The summed E-state index contributed by atoms with van der Waals surface area (Å²) < 4.78 is 1.38. The van der Waals surface area contributed by atoms with Crippen LogP contribution in [-0.4, -0.2) is 41.3 Å². The molecule has 0 aromatic carbocycles. The van der Waals surface area contributed by atoms with Crippen molar-refractivity contribution in [2.75, 3.05) is 6.26 Å². The smallest absolute Gasteiger partial charge is 0.262 e. The third-order valence-corrected chi connectivity index (χ3v) is 3.38. The maximum absolute atomic E-state index is 12.0. The summed E-state index contributed by atoms with van der Waals surface area (Å²) in [4.78, 5) is 20.2. The van der Waals surface area contributed by atoms with Gasteiger partial charge in [0.05, 0.1) is 29.8 Å². The van der Waals surface area contributed by atoms with Crippen LogP contribution in [0.25, 0.3) is 17.1 Å². The Balaban J connectivity index is 2.08. The first-order valence-electron chi connectivity index (χ1n) is 5.89. The van der Waals surface area contributed by atoms with Crippen molar-refractivity contribution in [3.63, 3.8) is 0 Å². The van der Waals surface area contributed by atoms with Gasteiger partial charge in [0.15, 0.2) is 5.16 Å². The highest BCUT2D eigenvalue weighted by molar-refractivity contribution is 7.98. The lowest BCUT2D eigenvalue weighted by atomic mass is 10.3. The van der Waals surface area contributed by atoms with Crippen LogP contribution in [0.1, 0.15) is 0 Å². The Hall–Kier alpha value is -2.68. The molecular weight excluding hydrogens is 292 g/mol. The fourth-order valence-corrected chi connectivity index (χ4v) is 2.38. The zero-order valence-electron chi connectivity index (χ0n) is 10.9. The van der Waals surface area contributed by atoms with Gasteiger partial charge < -0.3 is 5.11 Å². The van der Waals surface area contributed by atoms with E-state index in [2.05, 4.69) is 25.4 Å². The van der Waals surface area contributed by atoms with Gasteiger partial charge in [0.25, 0.3) is 5.56 Å². The first-order chi connectivity index (χ1) is 10.2. The SMILES string of the molecule is CSc1nc(O)cc(=O)n1-c1ccc(-c2c[nH]nn2)nc1. The maximum Gasteiger partial charge on any atom is 0.262 e. The van der Waals surface area contributed by atoms with E-state index >= 15 is 0 Å². The molecule has 2 N–H and O–H groups in total. The summed E-state index contributed by atoms with van der Waals surface area (Å²) in [6, 6.07) is 4.53. The number of aromatic amines is 1. The van der Waals surface area contributed by atoms with Crippen LogP contribution in [0.4, 0.5) is 0 Å². The zero-order valence-corrected chi connectivity index (χ0v) is 11.7. The summed E-state index contributed by atoms with van der Waals surface area (Å²) in [6.07, 6.45) is 4.95. The van der Waals surface area contributed by atoms with Crippen LogP contribution < -0.4 is 5.56 Å². The Morgan fingerprint density at radius 3 is 2.81 bits per heavy atom. The van der Waals surface area contributed by atoms with Crippen molar-refractivity contribution in [2.45, 2.75) is 5.16 Å². The van der Waals surface area contributed by atoms with Crippen molar-refractivity contribution in [1.29, 1.82) is 0 Å². The number of hydrogen-bond donors (Lipinski definition) is 2. The van der Waals surface area contributed by atoms with Gasteiger partial charge in [0.2, 0.25) is 5.88 Å². The summed E-state index contributed by atoms with van der Waals surface area (Å²) in [5.41, 5.74) is 1.44. The van der Waals surface area contributed by atoms with E-state index < -0.39 is 0 Å². The van der Waals surface area contributed by atoms with E-state index in [0.29, 0.717) is 22.2 Å². The lowest BCUT2D eigenvalue weighted by Gasteiger charge is -2.09. The molecule has 0 saturated carbocycles. The number of hydrogen-bond acceptors (Lipinski definition) is 7. The molecule has 0 amide bonds. The number of H-pyrrole nitrogens is 1. The lowest BCUT2D eigenvalue weighted by Crippen LogP contribution is -2.20. The van der Waals surface area contributed by atoms with Gasteiger partial charge in [-0.2, -0.15) is 4.98 Å². The molecule has 9 heteroatoms. The standard InChI is InChI=1S/C12H10N6O2S/c1-21-12-15-10(19)4-11(20)18(12)7-2-3-8(13-5-7)9-6-14-17-16-9/h2-6,19H,1H3,(H,14,16,17). The molecule has 3 heterocycles. The molecule has 0 bridgehead atoms. The number of aromatic nitrogens is 6. The van der Waals surface area contributed by atoms with E-state index in [1.807, 2.05) is 0 Å². The molecule has 0 aliphatic carbocycles. The van der Waals surface area contributed by atoms with E-state index in [-0.39, 0.29) is 11.4 Å². The highest BCUT2D eigenvalue weighted by atomic mass is 32.2. The zero-order chi connectivity index (χ0) is 14.8. The third-order valence-electron chi connectivity index (χ3n) is 2.74. The van der Waals surface area contributed by atoms with Crippen molar-refractivity contribution < 1.29 is 5.11 Å². The molecule has 106 valence electrons. The van der Waals surface area contributed by atoms with E-state index in [4.69, 9.17) is 0 Å². The average Bonchev–Trinajstić information content (AvgIpc) is 3.01. The van der Waals surface area contributed by atoms with Crippen molar-refractivity contribution >= 4 is 11.8 Å². The molecule has 0 aliphatic rings. The van der Waals surface area contributed by atoms with Gasteiger partial charge in [-0.15, -0.1) is 5.10 Å². The first kappa shape index (κ1) is 13.3. The first-order valence-corrected chi connectivity index (χ1v) is 7.12. The van der Waals surface area contributed by atoms with Gasteiger partial charge in [-0.3, -0.25) is 19.4 Å². The molecule has 21 heavy (non-hydrogen) atoms. The van der Waals surface area contributed by atoms with E-state index in [9.17, 15) is 9.90 Å². The maximum atomic E-state index is 12.0. The van der Waals surface area contributed by atoms with Crippen LogP contribution in [-0.2, 0) is 0 Å². The van der Waals surface area contributed by atoms with Gasteiger partial charge in [-0.25, -0.2) is 0 Å². The van der Waals surface area contributed by atoms with Gasteiger partial charge in [-0.05, 0) is 18.4 Å². The van der Waals surface area contributed by atoms with Crippen LogP contribution in [0.2, 0.25) is 0 Å². The summed E-state index contributed by atoms with van der Waals surface area (Å²) >= 11 is 1.26. The minimum atomic E-state index is -0.372. The number of pyridine rings is 1. The second-order valence-corrected chi connectivity index (χ2v) is 4.81. The molecule has 3 aromatic heterocycles. The molecule has 0 atom stereocenters. The van der Waals surface area contributed by atoms with Gasteiger partial charge in [0, 0.05) is 0 Å². The van der Waals surface area contributed by atoms with E-state index in [1.165, 1.54) is 16.3 Å². The lowest BCUT2D eigenvalue weighted by molar-refractivity contribution is 0.441. The fraction of sp³-hybridized carbons (Fsp3) is 0.0833. The largest absolute Gasteiger partial charge is 0.493 e. The van der Waals surface area contributed by atoms with Gasteiger partial charge in [-0.1, -0.05) is 17.0 Å². The van der Waals surface area contributed by atoms with Crippen molar-refractivity contribution in [3.05, 3.63) is 40.9 Å². The molecule has 8 nitrogen and oxygen atoms in total. The van der Waals surface area contributed by atoms with Crippen LogP contribution in [0, 0.1) is 0 Å². The van der Waals surface area contributed by atoms with Crippen LogP contribution in [0.3, 0.4) is 0 Å². The Morgan fingerprint density at radius 2 is 2.19 bits per heavy atom. The molecule has 0 radical (unpaired) electrons. The molecule has 0 spiro atoms. The highest BCUT2D eigenvalue weighted by Crippen LogP contribution is 2.19. The Bertz CT molecular complexity index is 813. The van der Waals surface area contributed by atoms with Gasteiger partial charge in [0.1, 0.15) is 5.69 Å². The van der Waals surface area contributed by atoms with E-state index in [1.54, 1.807) is 30.8 Å². The Kier molecular flexibility index (Phi) is 3.40. The molecular formula is C12H10N6O2S. The minimum Gasteiger partial charge on any atom is -0.493 e.